The first-order valence-corrected chi connectivity index (χ1v) is 11.3. The molecule has 0 unspecified atom stereocenters. The van der Waals surface area contributed by atoms with Crippen LogP contribution in [0.15, 0.2) is 35.9 Å². The minimum absolute atomic E-state index is 0.0324. The molecule has 1 spiro atoms. The molecule has 5 aliphatic heterocycles. The first-order valence-electron chi connectivity index (χ1n) is 11.3. The lowest BCUT2D eigenvalue weighted by Gasteiger charge is -2.63. The van der Waals surface area contributed by atoms with Gasteiger partial charge < -0.3 is 14.4 Å². The molecule has 1 aromatic rings. The Kier molecular flexibility index (Phi) is 3.24. The molecule has 0 N–H and O–H groups in total. The highest BCUT2D eigenvalue weighted by Crippen LogP contribution is 2.70. The fourth-order valence-corrected chi connectivity index (χ4v) is 8.05. The number of piperidine rings is 2. The molecule has 7 rings (SSSR count). The van der Waals surface area contributed by atoms with Crippen LogP contribution in [0.5, 0.6) is 0 Å². The van der Waals surface area contributed by atoms with Gasteiger partial charge in [-0.15, -0.1) is 0 Å². The molecule has 6 aliphatic rings. The van der Waals surface area contributed by atoms with Crippen molar-refractivity contribution in [2.45, 2.75) is 55.9 Å². The van der Waals surface area contributed by atoms with E-state index >= 15 is 0 Å². The van der Waals surface area contributed by atoms with Crippen LogP contribution in [0.3, 0.4) is 0 Å². The number of nitrogens with zero attached hydrogens (tertiary/aromatic N) is 2. The number of benzene rings is 1. The lowest BCUT2D eigenvalue weighted by molar-refractivity contribution is -0.227. The Morgan fingerprint density at radius 1 is 1.31 bits per heavy atom. The molecule has 2 bridgehead atoms. The van der Waals surface area contributed by atoms with Crippen molar-refractivity contribution in [3.8, 4) is 0 Å². The Morgan fingerprint density at radius 3 is 3.10 bits per heavy atom. The maximum atomic E-state index is 13.5. The van der Waals surface area contributed by atoms with Crippen molar-refractivity contribution in [3.05, 3.63) is 41.5 Å². The summed E-state index contributed by atoms with van der Waals surface area (Å²) in [5.74, 6) is 1.05. The van der Waals surface area contributed by atoms with Crippen LogP contribution in [-0.4, -0.2) is 55.0 Å². The number of ether oxygens (including phenoxy) is 2. The number of hydrogen-bond donors (Lipinski definition) is 0. The monoisotopic (exact) mass is 392 g/mol. The topological polar surface area (TPSA) is 42.0 Å². The summed E-state index contributed by atoms with van der Waals surface area (Å²) >= 11 is 0. The van der Waals surface area contributed by atoms with E-state index in [0.717, 1.165) is 44.6 Å². The molecule has 5 heteroatoms. The Labute approximate surface area is 171 Å². The van der Waals surface area contributed by atoms with E-state index in [2.05, 4.69) is 47.1 Å². The van der Waals surface area contributed by atoms with Gasteiger partial charge >= 0.3 is 0 Å². The van der Waals surface area contributed by atoms with Crippen LogP contribution in [0.4, 0.5) is 5.69 Å². The van der Waals surface area contributed by atoms with Crippen molar-refractivity contribution in [1.82, 2.24) is 4.90 Å². The van der Waals surface area contributed by atoms with Crippen molar-refractivity contribution in [2.24, 2.45) is 11.8 Å². The van der Waals surface area contributed by atoms with Crippen LogP contribution in [0.1, 0.15) is 38.2 Å². The number of fused-ring (bicyclic) bond motifs is 2. The zero-order valence-corrected chi connectivity index (χ0v) is 17.0. The lowest BCUT2D eigenvalue weighted by atomic mass is 9.51. The highest BCUT2D eigenvalue weighted by Gasteiger charge is 2.77. The van der Waals surface area contributed by atoms with Crippen LogP contribution >= 0.6 is 0 Å². The minimum Gasteiger partial charge on any atom is -0.373 e. The van der Waals surface area contributed by atoms with Gasteiger partial charge in [0.25, 0.3) is 0 Å². The van der Waals surface area contributed by atoms with Gasteiger partial charge in [0.1, 0.15) is 5.72 Å². The first-order chi connectivity index (χ1) is 14.2. The molecule has 4 fully saturated rings. The molecule has 3 saturated heterocycles. The third-order valence-corrected chi connectivity index (χ3v) is 8.86. The molecule has 1 aromatic carbocycles. The molecule has 0 radical (unpaired) electrons. The second kappa shape index (κ2) is 5.51. The molecule has 1 amide bonds. The summed E-state index contributed by atoms with van der Waals surface area (Å²) in [5, 5.41) is 0. The summed E-state index contributed by atoms with van der Waals surface area (Å²) in [7, 11) is 0. The van der Waals surface area contributed by atoms with Crippen molar-refractivity contribution in [1.29, 1.82) is 0 Å². The van der Waals surface area contributed by atoms with Crippen molar-refractivity contribution in [2.75, 3.05) is 31.2 Å². The second-order valence-electron chi connectivity index (χ2n) is 9.74. The Balaban J connectivity index is 1.54. The van der Waals surface area contributed by atoms with E-state index in [1.54, 1.807) is 0 Å². The fraction of sp³-hybridized carbons (Fsp3) is 0.625. The number of carbonyl (C=O) groups is 1. The van der Waals surface area contributed by atoms with E-state index in [-0.39, 0.29) is 29.2 Å². The van der Waals surface area contributed by atoms with E-state index in [1.165, 1.54) is 11.1 Å². The van der Waals surface area contributed by atoms with Gasteiger partial charge in [-0.1, -0.05) is 36.8 Å². The number of carbonyl (C=O) groups excluding carboxylic acids is 1. The Morgan fingerprint density at radius 2 is 2.21 bits per heavy atom. The molecule has 1 aliphatic carbocycles. The first kappa shape index (κ1) is 17.0. The van der Waals surface area contributed by atoms with Crippen molar-refractivity contribution in [3.63, 3.8) is 0 Å². The summed E-state index contributed by atoms with van der Waals surface area (Å²) < 4.78 is 13.2. The smallest absolute Gasteiger partial charge is 0.229 e. The predicted molar refractivity (Wildman–Crippen MR) is 109 cm³/mol. The zero-order valence-electron chi connectivity index (χ0n) is 17.0. The quantitative estimate of drug-likeness (QED) is 0.742. The largest absolute Gasteiger partial charge is 0.373 e. The van der Waals surface area contributed by atoms with Gasteiger partial charge in [0.05, 0.1) is 30.6 Å². The fourth-order valence-electron chi connectivity index (χ4n) is 8.05. The van der Waals surface area contributed by atoms with Crippen LogP contribution in [0.25, 0.3) is 0 Å². The molecule has 5 heterocycles. The minimum atomic E-state index is -0.302. The van der Waals surface area contributed by atoms with Gasteiger partial charge in [0, 0.05) is 31.3 Å². The average molecular weight is 392 g/mol. The third-order valence-electron chi connectivity index (χ3n) is 8.86. The molecular weight excluding hydrogens is 364 g/mol. The van der Waals surface area contributed by atoms with E-state index in [1.807, 2.05) is 0 Å². The Bertz CT molecular complexity index is 944. The number of rotatable bonds is 3. The summed E-state index contributed by atoms with van der Waals surface area (Å²) in [4.78, 5) is 18.2. The second-order valence-corrected chi connectivity index (χ2v) is 9.74. The van der Waals surface area contributed by atoms with Crippen molar-refractivity contribution < 1.29 is 14.3 Å². The van der Waals surface area contributed by atoms with Crippen LogP contribution < -0.4 is 4.90 Å². The summed E-state index contributed by atoms with van der Waals surface area (Å²) in [6, 6.07) is 8.82. The average Bonchev–Trinajstić information content (AvgIpc) is 3.17. The zero-order chi connectivity index (χ0) is 19.4. The number of hydrogen-bond acceptors (Lipinski definition) is 4. The Hall–Kier alpha value is -1.69. The van der Waals surface area contributed by atoms with Gasteiger partial charge in [-0.05, 0) is 36.8 Å². The number of amides is 1. The summed E-state index contributed by atoms with van der Waals surface area (Å²) in [6.45, 7) is 5.64. The summed E-state index contributed by atoms with van der Waals surface area (Å²) in [6.07, 6.45) is 5.97. The van der Waals surface area contributed by atoms with E-state index in [4.69, 9.17) is 9.47 Å². The number of para-hydroxylation sites is 1. The van der Waals surface area contributed by atoms with E-state index in [0.29, 0.717) is 24.9 Å². The summed E-state index contributed by atoms with van der Waals surface area (Å²) in [5.41, 5.74) is 3.54. The van der Waals surface area contributed by atoms with Crippen LogP contribution in [-0.2, 0) is 19.7 Å². The predicted octanol–water partition coefficient (Wildman–Crippen LogP) is 2.85. The molecule has 6 atom stereocenters. The van der Waals surface area contributed by atoms with Gasteiger partial charge in [-0.3, -0.25) is 9.69 Å². The number of anilines is 1. The molecule has 0 aromatic heterocycles. The van der Waals surface area contributed by atoms with Crippen molar-refractivity contribution >= 4 is 11.6 Å². The highest BCUT2D eigenvalue weighted by molar-refractivity contribution is 5.99. The van der Waals surface area contributed by atoms with E-state index in [9.17, 15) is 4.79 Å². The van der Waals surface area contributed by atoms with Crippen LogP contribution in [0, 0.1) is 11.8 Å². The van der Waals surface area contributed by atoms with Gasteiger partial charge in [0.15, 0.2) is 0 Å². The van der Waals surface area contributed by atoms with Gasteiger partial charge in [0.2, 0.25) is 5.91 Å². The molecular formula is C24H28N2O3. The maximum Gasteiger partial charge on any atom is 0.229 e. The standard InChI is InChI=1S/C24H28N2O3/c1-2-10-29-24-13-16-15-7-11-28-19-12-20(27)26-18-6-4-3-5-17(18)23(24,22(26)21(16)19)8-9-25(24)14-15/h3-7,16,19,21-22H,2,8-14H2,1H3/t16-,19-,21-,22+,23+,24-/m1/s1. The maximum absolute atomic E-state index is 13.5. The van der Waals surface area contributed by atoms with Gasteiger partial charge in [-0.2, -0.15) is 0 Å². The van der Waals surface area contributed by atoms with E-state index < -0.39 is 0 Å². The lowest BCUT2D eigenvalue weighted by Crippen LogP contribution is -2.75. The SMILES string of the molecule is CCCO[C@]12C[C@@H]3C4=CCO[C@@H]5CC(=O)N6c7ccccc7[C@@]1(CCN2C4)[C@@H]6[C@H]35. The molecule has 5 nitrogen and oxygen atoms in total. The molecule has 1 saturated carbocycles. The molecule has 29 heavy (non-hydrogen) atoms. The normalized spacial score (nSPS) is 43.8. The molecule has 152 valence electrons. The highest BCUT2D eigenvalue weighted by atomic mass is 16.5. The van der Waals surface area contributed by atoms with Crippen LogP contribution in [0.2, 0.25) is 0 Å². The third kappa shape index (κ3) is 1.75. The van der Waals surface area contributed by atoms with Gasteiger partial charge in [-0.25, -0.2) is 0 Å².